The van der Waals surface area contributed by atoms with Crippen molar-refractivity contribution in [3.8, 4) is 0 Å². The Bertz CT molecular complexity index is 1200. The number of anilines is 1. The van der Waals surface area contributed by atoms with Gasteiger partial charge >= 0.3 is 0 Å². The molecule has 1 atom stereocenters. The second-order valence-corrected chi connectivity index (χ2v) is 12.2. The molecule has 0 fully saturated rings. The van der Waals surface area contributed by atoms with Crippen LogP contribution in [-0.2, 0) is 26.2 Å². The molecule has 0 spiro atoms. The largest absolute Gasteiger partial charge is 0.354 e. The molecule has 2 amide bonds. The summed E-state index contributed by atoms with van der Waals surface area (Å²) in [6.07, 6.45) is 3.52. The molecule has 210 valence electrons. The first-order valence-electron chi connectivity index (χ1n) is 12.6. The van der Waals surface area contributed by atoms with E-state index in [1.807, 2.05) is 13.8 Å². The van der Waals surface area contributed by atoms with Gasteiger partial charge in [0.25, 0.3) is 0 Å². The molecule has 0 aliphatic heterocycles. The number of nitrogens with one attached hydrogen (secondary N) is 1. The quantitative estimate of drug-likeness (QED) is 0.259. The molecule has 11 heteroatoms. The fourth-order valence-corrected chi connectivity index (χ4v) is 5.83. The number of hydrogen-bond donors (Lipinski definition) is 1. The third kappa shape index (κ3) is 8.76. The van der Waals surface area contributed by atoms with E-state index in [0.29, 0.717) is 44.8 Å². The van der Waals surface area contributed by atoms with Crippen molar-refractivity contribution in [3.63, 3.8) is 0 Å². The van der Waals surface area contributed by atoms with Gasteiger partial charge in [0.1, 0.15) is 6.04 Å². The highest BCUT2D eigenvalue weighted by Gasteiger charge is 2.30. The molecule has 0 saturated heterocycles. The second kappa shape index (κ2) is 15.0. The third-order valence-electron chi connectivity index (χ3n) is 6.27. The summed E-state index contributed by atoms with van der Waals surface area (Å²) in [5.41, 5.74) is 1.65. The number of carbonyl (C=O) groups is 2. The summed E-state index contributed by atoms with van der Waals surface area (Å²) in [4.78, 5) is 28.1. The first-order chi connectivity index (χ1) is 17.9. The summed E-state index contributed by atoms with van der Waals surface area (Å²) < 4.78 is 26.4. The molecule has 0 saturated carbocycles. The third-order valence-corrected chi connectivity index (χ3v) is 8.56. The van der Waals surface area contributed by atoms with Gasteiger partial charge in [0.2, 0.25) is 21.8 Å². The lowest BCUT2D eigenvalue weighted by Gasteiger charge is -2.31. The number of nitrogens with zero attached hydrogens (tertiary/aromatic N) is 2. The molecule has 2 aromatic carbocycles. The lowest BCUT2D eigenvalue weighted by molar-refractivity contribution is -0.141. The number of benzene rings is 2. The Morgan fingerprint density at radius 2 is 1.58 bits per heavy atom. The van der Waals surface area contributed by atoms with Crippen LogP contribution in [0.25, 0.3) is 0 Å². The first-order valence-corrected chi connectivity index (χ1v) is 15.6. The Morgan fingerprint density at radius 3 is 2.16 bits per heavy atom. The van der Waals surface area contributed by atoms with Crippen molar-refractivity contribution in [2.45, 2.75) is 65.5 Å². The van der Waals surface area contributed by atoms with E-state index in [2.05, 4.69) is 5.32 Å². The topological polar surface area (TPSA) is 86.8 Å². The number of sulfonamides is 1. The average Bonchev–Trinajstić information content (AvgIpc) is 2.85. The van der Waals surface area contributed by atoms with Crippen LogP contribution in [0.1, 0.15) is 57.1 Å². The number of carbonyl (C=O) groups excluding carboxylic acids is 2. The molecule has 38 heavy (non-hydrogen) atoms. The summed E-state index contributed by atoms with van der Waals surface area (Å²) in [5.74, 6) is -0.542. The van der Waals surface area contributed by atoms with Crippen molar-refractivity contribution in [3.05, 3.63) is 62.6 Å². The van der Waals surface area contributed by atoms with Crippen LogP contribution in [0.4, 0.5) is 5.69 Å². The Hall–Kier alpha value is -2.00. The minimum absolute atomic E-state index is 0.0203. The van der Waals surface area contributed by atoms with E-state index in [1.54, 1.807) is 43.3 Å². The molecule has 0 aliphatic carbocycles. The molecule has 2 rings (SSSR count). The summed E-state index contributed by atoms with van der Waals surface area (Å²) in [6.45, 7) is 6.27. The van der Waals surface area contributed by atoms with Crippen LogP contribution in [-0.4, -0.2) is 50.5 Å². The van der Waals surface area contributed by atoms with Crippen molar-refractivity contribution >= 4 is 62.3 Å². The lowest BCUT2D eigenvalue weighted by Crippen LogP contribution is -2.49. The van der Waals surface area contributed by atoms with Gasteiger partial charge in [-0.3, -0.25) is 13.9 Å². The van der Waals surface area contributed by atoms with Crippen molar-refractivity contribution in [1.82, 2.24) is 10.2 Å². The van der Waals surface area contributed by atoms with E-state index in [-0.39, 0.29) is 37.7 Å². The van der Waals surface area contributed by atoms with Crippen molar-refractivity contribution < 1.29 is 18.0 Å². The molecule has 7 nitrogen and oxygen atoms in total. The van der Waals surface area contributed by atoms with Gasteiger partial charge in [-0.2, -0.15) is 0 Å². The van der Waals surface area contributed by atoms with Gasteiger partial charge in [0, 0.05) is 46.7 Å². The molecule has 2 aromatic rings. The zero-order chi connectivity index (χ0) is 28.5. The van der Waals surface area contributed by atoms with Gasteiger partial charge < -0.3 is 10.2 Å². The summed E-state index contributed by atoms with van der Waals surface area (Å²) in [5, 5.41) is 4.17. The molecular formula is C27H36Cl3N3O4S. The summed E-state index contributed by atoms with van der Waals surface area (Å²) >= 11 is 19.0. The molecule has 1 unspecified atom stereocenters. The lowest BCUT2D eigenvalue weighted by atomic mass is 10.1. The normalized spacial score (nSPS) is 12.2. The fraction of sp³-hybridized carbons (Fsp3) is 0.481. The van der Waals surface area contributed by atoms with E-state index in [1.165, 1.54) is 9.21 Å². The van der Waals surface area contributed by atoms with Crippen molar-refractivity contribution in [2.75, 3.05) is 23.7 Å². The van der Waals surface area contributed by atoms with Gasteiger partial charge in [0.15, 0.2) is 0 Å². The molecule has 0 aliphatic rings. The van der Waals surface area contributed by atoms with Gasteiger partial charge in [0.05, 0.1) is 11.9 Å². The fourth-order valence-electron chi connectivity index (χ4n) is 4.13. The number of hydrogen-bond acceptors (Lipinski definition) is 4. The van der Waals surface area contributed by atoms with E-state index in [9.17, 15) is 18.0 Å². The van der Waals surface area contributed by atoms with Gasteiger partial charge in [-0.15, -0.1) is 0 Å². The molecule has 0 bridgehead atoms. The van der Waals surface area contributed by atoms with Crippen LogP contribution in [0.3, 0.4) is 0 Å². The minimum Gasteiger partial charge on any atom is -0.354 e. The maximum Gasteiger partial charge on any atom is 0.242 e. The van der Waals surface area contributed by atoms with Crippen LogP contribution in [0.2, 0.25) is 15.1 Å². The number of halogens is 3. The number of unbranched alkanes of at least 4 members (excludes halogenated alkanes) is 1. The average molecular weight is 605 g/mol. The predicted molar refractivity (Wildman–Crippen MR) is 157 cm³/mol. The zero-order valence-corrected chi connectivity index (χ0v) is 25.4. The number of amides is 2. The predicted octanol–water partition coefficient (Wildman–Crippen LogP) is 6.23. The zero-order valence-electron chi connectivity index (χ0n) is 22.3. The standard InChI is InChI=1S/C27H36Cl3N3O4S/c1-5-7-16-31-27(35)24(6-2)32(18-20-22(29)12-8-13-23(20)30)26(34)15-10-17-33(38(4,36)37)25-14-9-11-21(28)19(25)3/h8-9,11-14,24H,5-7,10,15-18H2,1-4H3,(H,31,35). The maximum absolute atomic E-state index is 13.6. The van der Waals surface area contributed by atoms with Crippen LogP contribution >= 0.6 is 34.8 Å². The van der Waals surface area contributed by atoms with E-state index < -0.39 is 16.1 Å². The summed E-state index contributed by atoms with van der Waals surface area (Å²) in [6, 6.07) is 9.42. The maximum atomic E-state index is 13.6. The molecule has 0 radical (unpaired) electrons. The molecule has 0 aromatic heterocycles. The van der Waals surface area contributed by atoms with Crippen LogP contribution in [0, 0.1) is 6.92 Å². The highest BCUT2D eigenvalue weighted by Crippen LogP contribution is 2.29. The van der Waals surface area contributed by atoms with Crippen LogP contribution in [0.15, 0.2) is 36.4 Å². The summed E-state index contributed by atoms with van der Waals surface area (Å²) in [7, 11) is -3.63. The van der Waals surface area contributed by atoms with Crippen LogP contribution in [0.5, 0.6) is 0 Å². The second-order valence-electron chi connectivity index (χ2n) is 9.11. The monoisotopic (exact) mass is 603 g/mol. The van der Waals surface area contributed by atoms with E-state index in [4.69, 9.17) is 34.8 Å². The highest BCUT2D eigenvalue weighted by molar-refractivity contribution is 7.92. The highest BCUT2D eigenvalue weighted by atomic mass is 35.5. The van der Waals surface area contributed by atoms with Gasteiger partial charge in [-0.25, -0.2) is 8.42 Å². The molecule has 0 heterocycles. The Morgan fingerprint density at radius 1 is 0.974 bits per heavy atom. The van der Waals surface area contributed by atoms with Crippen LogP contribution < -0.4 is 9.62 Å². The Kier molecular flexibility index (Phi) is 12.7. The van der Waals surface area contributed by atoms with Crippen molar-refractivity contribution in [1.29, 1.82) is 0 Å². The molecular weight excluding hydrogens is 569 g/mol. The number of rotatable bonds is 14. The minimum atomic E-state index is -3.63. The Balaban J connectivity index is 2.29. The van der Waals surface area contributed by atoms with Gasteiger partial charge in [-0.05, 0) is 56.0 Å². The Labute approximate surface area is 241 Å². The van der Waals surface area contributed by atoms with Crippen molar-refractivity contribution in [2.24, 2.45) is 0 Å². The SMILES string of the molecule is CCCCNC(=O)C(CC)N(Cc1c(Cl)cccc1Cl)C(=O)CCCN(c1cccc(Cl)c1C)S(C)(=O)=O. The molecule has 1 N–H and O–H groups in total. The van der Waals surface area contributed by atoms with E-state index in [0.717, 1.165) is 19.1 Å². The smallest absolute Gasteiger partial charge is 0.242 e. The first kappa shape index (κ1) is 32.2. The van der Waals surface area contributed by atoms with Gasteiger partial charge in [-0.1, -0.05) is 67.2 Å². The van der Waals surface area contributed by atoms with E-state index >= 15 is 0 Å².